The number of rotatable bonds is 5. The van der Waals surface area contributed by atoms with Gasteiger partial charge in [0, 0.05) is 21.2 Å². The molecule has 0 bridgehead atoms. The van der Waals surface area contributed by atoms with Gasteiger partial charge in [0.2, 0.25) is 0 Å². The summed E-state index contributed by atoms with van der Waals surface area (Å²) in [6, 6.07) is 9.83. The smallest absolute Gasteiger partial charge is 0.136 e. The van der Waals surface area contributed by atoms with Crippen LogP contribution in [0.15, 0.2) is 47.5 Å². The van der Waals surface area contributed by atoms with Gasteiger partial charge in [-0.2, -0.15) is 0 Å². The van der Waals surface area contributed by atoms with Gasteiger partial charge in [-0.3, -0.25) is 4.98 Å². The van der Waals surface area contributed by atoms with E-state index in [4.69, 9.17) is 4.98 Å². The van der Waals surface area contributed by atoms with Crippen LogP contribution in [-0.2, 0) is 11.4 Å². The Bertz CT molecular complexity index is 669. The molecule has 0 saturated heterocycles. The van der Waals surface area contributed by atoms with Gasteiger partial charge in [-0.25, -0.2) is 0 Å². The topological polar surface area (TPSA) is 48.0 Å². The first-order chi connectivity index (χ1) is 10.3. The molecule has 1 heterocycles. The lowest BCUT2D eigenvalue weighted by molar-refractivity contribution is 0.521. The monoisotopic (exact) mass is 380 g/mol. The third-order valence-electron chi connectivity index (χ3n) is 3.25. The maximum Gasteiger partial charge on any atom is 0.136 e. The fraction of sp³-hybridized carbons (Fsp3) is 0.353. The van der Waals surface area contributed by atoms with Gasteiger partial charge >= 0.3 is 0 Å². The average molecular weight is 381 g/mol. The number of nitrogens with zero attached hydrogens (tertiary/aromatic N) is 1. The molecule has 0 fully saturated rings. The third-order valence-corrected chi connectivity index (χ3v) is 5.52. The van der Waals surface area contributed by atoms with Gasteiger partial charge in [0.15, 0.2) is 0 Å². The summed E-state index contributed by atoms with van der Waals surface area (Å²) in [5, 5.41) is 1.07. The zero-order chi connectivity index (χ0) is 16.3. The maximum absolute atomic E-state index is 12.4. The van der Waals surface area contributed by atoms with Crippen molar-refractivity contribution in [2.45, 2.75) is 38.0 Å². The van der Waals surface area contributed by atoms with E-state index in [1.54, 1.807) is 0 Å². The van der Waals surface area contributed by atoms with Crippen LogP contribution in [0.25, 0.3) is 10.9 Å². The largest absolute Gasteiger partial charge is 0.598 e. The van der Waals surface area contributed by atoms with Gasteiger partial charge in [0.05, 0.1) is 17.3 Å². The minimum atomic E-state index is -1.16. The van der Waals surface area contributed by atoms with Crippen molar-refractivity contribution in [3.05, 3.63) is 53.2 Å². The number of hydrogen-bond acceptors (Lipinski definition) is 3. The van der Waals surface area contributed by atoms with E-state index in [0.717, 1.165) is 21.1 Å². The molecule has 118 valence electrons. The Morgan fingerprint density at radius 1 is 1.41 bits per heavy atom. The number of fused-ring (bicyclic) bond motifs is 1. The number of benzene rings is 1. The summed E-state index contributed by atoms with van der Waals surface area (Å²) in [6.07, 6.45) is 2.49. The maximum atomic E-state index is 12.4. The van der Waals surface area contributed by atoms with Crippen LogP contribution in [0.5, 0.6) is 0 Å². The van der Waals surface area contributed by atoms with E-state index >= 15 is 0 Å². The van der Waals surface area contributed by atoms with Crippen molar-refractivity contribution < 1.29 is 4.55 Å². The van der Waals surface area contributed by atoms with Crippen molar-refractivity contribution in [1.29, 1.82) is 0 Å². The van der Waals surface area contributed by atoms with Crippen LogP contribution < -0.4 is 4.72 Å². The standard InChI is InChI=1S/C17H21BrN2OS/c1-5-8-15(20-22(21)17(2,3)4)16-11-13(18)12-9-6-7-10-14(12)19-16/h5-7,9-11,15,20H,1,8H2,2-4H3/t15?,22-/m0/s1. The molecule has 0 aliphatic rings. The predicted molar refractivity (Wildman–Crippen MR) is 98.0 cm³/mol. The fourth-order valence-corrected chi connectivity index (χ4v) is 3.43. The molecule has 2 aromatic rings. The van der Waals surface area contributed by atoms with Crippen LogP contribution >= 0.6 is 15.9 Å². The minimum absolute atomic E-state index is 0.126. The molecular weight excluding hydrogens is 360 g/mol. The van der Waals surface area contributed by atoms with E-state index < -0.39 is 11.4 Å². The number of pyridine rings is 1. The van der Waals surface area contributed by atoms with E-state index in [2.05, 4.69) is 27.2 Å². The lowest BCUT2D eigenvalue weighted by Gasteiger charge is -2.27. The first-order valence-electron chi connectivity index (χ1n) is 7.17. The quantitative estimate of drug-likeness (QED) is 0.605. The number of para-hydroxylation sites is 1. The Labute approximate surface area is 143 Å². The summed E-state index contributed by atoms with van der Waals surface area (Å²) in [7, 11) is 0. The summed E-state index contributed by atoms with van der Waals surface area (Å²) in [5.41, 5.74) is 1.78. The highest BCUT2D eigenvalue weighted by Crippen LogP contribution is 2.28. The van der Waals surface area contributed by atoms with Gasteiger partial charge in [-0.1, -0.05) is 40.2 Å². The van der Waals surface area contributed by atoms with E-state index in [-0.39, 0.29) is 10.8 Å². The van der Waals surface area contributed by atoms with Crippen molar-refractivity contribution in [1.82, 2.24) is 9.71 Å². The van der Waals surface area contributed by atoms with Gasteiger partial charge in [-0.05, 0) is 39.3 Å². The molecule has 2 atom stereocenters. The average Bonchev–Trinajstić information content (AvgIpc) is 2.45. The summed E-state index contributed by atoms with van der Waals surface area (Å²) >= 11 is 2.44. The molecular formula is C17H21BrN2OS. The zero-order valence-corrected chi connectivity index (χ0v) is 15.5. The molecule has 0 spiro atoms. The Hall–Kier alpha value is -0.880. The SMILES string of the molecule is C=CCC(N[S@@+]([O-])C(C)(C)C)c1cc(Br)c2ccccc2n1. The third kappa shape index (κ3) is 4.10. The minimum Gasteiger partial charge on any atom is -0.598 e. The molecule has 2 rings (SSSR count). The Morgan fingerprint density at radius 2 is 2.09 bits per heavy atom. The van der Waals surface area contributed by atoms with E-state index in [9.17, 15) is 4.55 Å². The Morgan fingerprint density at radius 3 is 2.73 bits per heavy atom. The highest BCUT2D eigenvalue weighted by Gasteiger charge is 2.30. The summed E-state index contributed by atoms with van der Waals surface area (Å²) < 4.78 is 16.2. The fourth-order valence-electron chi connectivity index (χ4n) is 2.03. The van der Waals surface area contributed by atoms with Gasteiger partial charge in [0.25, 0.3) is 0 Å². The molecule has 22 heavy (non-hydrogen) atoms. The van der Waals surface area contributed by atoms with Crippen LogP contribution in [-0.4, -0.2) is 14.3 Å². The summed E-state index contributed by atoms with van der Waals surface area (Å²) in [4.78, 5) is 4.72. The van der Waals surface area contributed by atoms with Crippen molar-refractivity contribution in [3.8, 4) is 0 Å². The number of hydrogen-bond donors (Lipinski definition) is 1. The van der Waals surface area contributed by atoms with Crippen LogP contribution in [0.1, 0.15) is 38.9 Å². The highest BCUT2D eigenvalue weighted by molar-refractivity contribution is 9.10. The second-order valence-electron chi connectivity index (χ2n) is 6.12. The van der Waals surface area contributed by atoms with E-state index in [0.29, 0.717) is 6.42 Å². The molecule has 0 radical (unpaired) electrons. The summed E-state index contributed by atoms with van der Waals surface area (Å²) in [5.74, 6) is 0. The van der Waals surface area contributed by atoms with Crippen LogP contribution in [0.3, 0.4) is 0 Å². The summed E-state index contributed by atoms with van der Waals surface area (Å²) in [6.45, 7) is 9.65. The number of halogens is 1. The molecule has 1 aromatic heterocycles. The zero-order valence-electron chi connectivity index (χ0n) is 13.1. The van der Waals surface area contributed by atoms with Gasteiger partial charge < -0.3 is 4.55 Å². The predicted octanol–water partition coefficient (Wildman–Crippen LogP) is 4.67. The van der Waals surface area contributed by atoms with E-state index in [1.165, 1.54) is 0 Å². The molecule has 0 aliphatic carbocycles. The van der Waals surface area contributed by atoms with E-state index in [1.807, 2.05) is 57.2 Å². The van der Waals surface area contributed by atoms with Crippen molar-refractivity contribution >= 4 is 38.2 Å². The van der Waals surface area contributed by atoms with Crippen molar-refractivity contribution in [2.24, 2.45) is 0 Å². The first-order valence-corrected chi connectivity index (χ1v) is 9.11. The van der Waals surface area contributed by atoms with Gasteiger partial charge in [0.1, 0.15) is 4.75 Å². The molecule has 0 amide bonds. The molecule has 1 aromatic carbocycles. The van der Waals surface area contributed by atoms with Gasteiger partial charge in [-0.15, -0.1) is 11.3 Å². The highest BCUT2D eigenvalue weighted by atomic mass is 79.9. The van der Waals surface area contributed by atoms with Crippen LogP contribution in [0, 0.1) is 0 Å². The molecule has 3 nitrogen and oxygen atoms in total. The first kappa shape index (κ1) is 17.5. The molecule has 0 aliphatic heterocycles. The molecule has 1 unspecified atom stereocenters. The lowest BCUT2D eigenvalue weighted by Crippen LogP contribution is -2.41. The normalized spacial score (nSPS) is 14.8. The molecule has 5 heteroatoms. The number of aromatic nitrogens is 1. The number of nitrogens with one attached hydrogen (secondary N) is 1. The Kier molecular flexibility index (Phi) is 5.66. The van der Waals surface area contributed by atoms with Crippen LogP contribution in [0.2, 0.25) is 0 Å². The lowest BCUT2D eigenvalue weighted by atomic mass is 10.1. The Balaban J connectivity index is 2.38. The molecule has 0 saturated carbocycles. The second kappa shape index (κ2) is 7.13. The molecule has 1 N–H and O–H groups in total. The van der Waals surface area contributed by atoms with Crippen LogP contribution in [0.4, 0.5) is 0 Å². The van der Waals surface area contributed by atoms with Crippen molar-refractivity contribution in [3.63, 3.8) is 0 Å². The second-order valence-corrected chi connectivity index (χ2v) is 8.97. The van der Waals surface area contributed by atoms with Crippen molar-refractivity contribution in [2.75, 3.05) is 0 Å².